The molecule has 0 aliphatic carbocycles. The molecule has 0 aromatic rings. The van der Waals surface area contributed by atoms with Gasteiger partial charge in [0.25, 0.3) is 0 Å². The predicted octanol–water partition coefficient (Wildman–Crippen LogP) is 1.48. The van der Waals surface area contributed by atoms with Gasteiger partial charge >= 0.3 is 0 Å². The van der Waals surface area contributed by atoms with Crippen molar-refractivity contribution in [2.24, 2.45) is 0 Å². The van der Waals surface area contributed by atoms with Crippen molar-refractivity contribution in [2.45, 2.75) is 51.2 Å². The number of methoxy groups -OCH3 is 1. The molecule has 0 bridgehead atoms. The SMILES string of the molecule is COC(C)(C)CNC(=O)C1(C)CCCCN1.Cl. The van der Waals surface area contributed by atoms with E-state index in [1.807, 2.05) is 20.8 Å². The van der Waals surface area contributed by atoms with Crippen LogP contribution in [0.2, 0.25) is 0 Å². The lowest BCUT2D eigenvalue weighted by Gasteiger charge is -2.34. The highest BCUT2D eigenvalue weighted by Crippen LogP contribution is 2.19. The Balaban J connectivity index is 0.00000256. The van der Waals surface area contributed by atoms with Crippen molar-refractivity contribution < 1.29 is 9.53 Å². The lowest BCUT2D eigenvalue weighted by molar-refractivity contribution is -0.129. The van der Waals surface area contributed by atoms with Gasteiger partial charge in [-0.25, -0.2) is 0 Å². The van der Waals surface area contributed by atoms with Crippen LogP contribution in [0, 0.1) is 0 Å². The normalized spacial score (nSPS) is 24.9. The third-order valence-corrected chi connectivity index (χ3v) is 3.35. The van der Waals surface area contributed by atoms with Crippen LogP contribution in [0.1, 0.15) is 40.0 Å². The van der Waals surface area contributed by atoms with Gasteiger partial charge in [-0.3, -0.25) is 4.79 Å². The minimum absolute atomic E-state index is 0. The smallest absolute Gasteiger partial charge is 0.240 e. The zero-order valence-electron chi connectivity index (χ0n) is 11.3. The fourth-order valence-corrected chi connectivity index (χ4v) is 1.81. The van der Waals surface area contributed by atoms with Crippen LogP contribution in [0.15, 0.2) is 0 Å². The summed E-state index contributed by atoms with van der Waals surface area (Å²) in [5.41, 5.74) is -0.706. The number of piperidine rings is 1. The molecule has 102 valence electrons. The highest BCUT2D eigenvalue weighted by molar-refractivity contribution is 5.86. The molecule has 1 unspecified atom stereocenters. The van der Waals surface area contributed by atoms with E-state index in [9.17, 15) is 4.79 Å². The molecule has 17 heavy (non-hydrogen) atoms. The molecular weight excluding hydrogens is 240 g/mol. The highest BCUT2D eigenvalue weighted by Gasteiger charge is 2.34. The van der Waals surface area contributed by atoms with Crippen LogP contribution in [0.3, 0.4) is 0 Å². The number of hydrogen-bond donors (Lipinski definition) is 2. The number of ether oxygens (including phenoxy) is 1. The molecule has 0 radical (unpaired) electrons. The fourth-order valence-electron chi connectivity index (χ4n) is 1.81. The van der Waals surface area contributed by atoms with Crippen LogP contribution in [0.4, 0.5) is 0 Å². The first-order chi connectivity index (χ1) is 7.40. The number of halogens is 1. The van der Waals surface area contributed by atoms with Crippen molar-refractivity contribution in [1.29, 1.82) is 0 Å². The van der Waals surface area contributed by atoms with Crippen molar-refractivity contribution in [1.82, 2.24) is 10.6 Å². The quantitative estimate of drug-likeness (QED) is 0.809. The largest absolute Gasteiger partial charge is 0.377 e. The molecule has 1 rings (SSSR count). The van der Waals surface area contributed by atoms with Crippen LogP contribution < -0.4 is 10.6 Å². The van der Waals surface area contributed by atoms with Crippen molar-refractivity contribution in [3.8, 4) is 0 Å². The zero-order chi connectivity index (χ0) is 12.2. The van der Waals surface area contributed by atoms with E-state index in [4.69, 9.17) is 4.74 Å². The Kier molecular flexibility index (Phi) is 6.45. The minimum Gasteiger partial charge on any atom is -0.377 e. The van der Waals surface area contributed by atoms with Gasteiger partial charge in [0.1, 0.15) is 0 Å². The molecule has 4 nitrogen and oxygen atoms in total. The summed E-state index contributed by atoms with van der Waals surface area (Å²) >= 11 is 0. The molecule has 1 fully saturated rings. The second-order valence-corrected chi connectivity index (χ2v) is 5.36. The van der Waals surface area contributed by atoms with Gasteiger partial charge in [0.05, 0.1) is 11.1 Å². The Morgan fingerprint density at radius 2 is 2.12 bits per heavy atom. The summed E-state index contributed by atoms with van der Waals surface area (Å²) in [5.74, 6) is 0.0809. The number of carbonyl (C=O) groups is 1. The molecule has 0 aromatic heterocycles. The Morgan fingerprint density at radius 1 is 1.47 bits per heavy atom. The summed E-state index contributed by atoms with van der Waals surface area (Å²) in [5, 5.41) is 6.25. The third-order valence-electron chi connectivity index (χ3n) is 3.35. The van der Waals surface area contributed by atoms with Gasteiger partial charge in [0, 0.05) is 13.7 Å². The molecule has 1 heterocycles. The maximum Gasteiger partial charge on any atom is 0.240 e. The van der Waals surface area contributed by atoms with E-state index in [1.165, 1.54) is 0 Å². The molecule has 1 aliphatic heterocycles. The average Bonchev–Trinajstić information content (AvgIpc) is 2.27. The molecule has 1 saturated heterocycles. The molecule has 0 aromatic carbocycles. The maximum absolute atomic E-state index is 12.1. The van der Waals surface area contributed by atoms with Crippen LogP contribution >= 0.6 is 12.4 Å². The third kappa shape index (κ3) is 4.82. The van der Waals surface area contributed by atoms with Crippen LogP contribution in [0.25, 0.3) is 0 Å². The molecule has 2 N–H and O–H groups in total. The van der Waals surface area contributed by atoms with E-state index < -0.39 is 5.54 Å². The van der Waals surface area contributed by atoms with E-state index in [0.29, 0.717) is 6.54 Å². The summed E-state index contributed by atoms with van der Waals surface area (Å²) in [6, 6.07) is 0. The number of rotatable bonds is 4. The number of carbonyl (C=O) groups excluding carboxylic acids is 1. The molecular formula is C12H25ClN2O2. The van der Waals surface area contributed by atoms with Gasteiger partial charge in [-0.1, -0.05) is 0 Å². The molecule has 0 saturated carbocycles. The minimum atomic E-state index is -0.401. The molecule has 1 atom stereocenters. The first-order valence-electron chi connectivity index (χ1n) is 5.98. The Morgan fingerprint density at radius 3 is 2.59 bits per heavy atom. The second-order valence-electron chi connectivity index (χ2n) is 5.36. The van der Waals surface area contributed by atoms with E-state index in [-0.39, 0.29) is 23.9 Å². The van der Waals surface area contributed by atoms with E-state index in [1.54, 1.807) is 7.11 Å². The van der Waals surface area contributed by atoms with Crippen molar-refractivity contribution in [3.05, 3.63) is 0 Å². The molecule has 0 spiro atoms. The number of amides is 1. The first-order valence-corrected chi connectivity index (χ1v) is 5.98. The van der Waals surface area contributed by atoms with Crippen LogP contribution in [0.5, 0.6) is 0 Å². The lowest BCUT2D eigenvalue weighted by Crippen LogP contribution is -2.58. The van der Waals surface area contributed by atoms with Crippen molar-refractivity contribution in [2.75, 3.05) is 20.2 Å². The molecule has 1 aliphatic rings. The average molecular weight is 265 g/mol. The Bertz CT molecular complexity index is 251. The van der Waals surface area contributed by atoms with E-state index >= 15 is 0 Å². The first kappa shape index (κ1) is 16.7. The Hall–Kier alpha value is -0.320. The van der Waals surface area contributed by atoms with Gasteiger partial charge in [-0.05, 0) is 46.6 Å². The van der Waals surface area contributed by atoms with Gasteiger partial charge in [-0.15, -0.1) is 12.4 Å². The van der Waals surface area contributed by atoms with Crippen LogP contribution in [-0.2, 0) is 9.53 Å². The number of hydrogen-bond acceptors (Lipinski definition) is 3. The topological polar surface area (TPSA) is 50.4 Å². The lowest BCUT2D eigenvalue weighted by atomic mass is 9.90. The zero-order valence-corrected chi connectivity index (χ0v) is 12.1. The summed E-state index contributed by atoms with van der Waals surface area (Å²) in [6.07, 6.45) is 3.18. The van der Waals surface area contributed by atoms with Crippen molar-refractivity contribution in [3.63, 3.8) is 0 Å². The standard InChI is InChI=1S/C12H24N2O2.ClH/c1-11(2,16-4)9-13-10(15)12(3)7-5-6-8-14-12;/h14H,5-9H2,1-4H3,(H,13,15);1H. The van der Waals surface area contributed by atoms with Gasteiger partial charge in [0.2, 0.25) is 5.91 Å². The Labute approximate surface area is 110 Å². The summed E-state index contributed by atoms with van der Waals surface area (Å²) < 4.78 is 5.27. The fraction of sp³-hybridized carbons (Fsp3) is 0.917. The summed E-state index contributed by atoms with van der Waals surface area (Å²) in [4.78, 5) is 12.1. The number of nitrogens with one attached hydrogen (secondary N) is 2. The molecule has 5 heteroatoms. The van der Waals surface area contributed by atoms with Crippen molar-refractivity contribution >= 4 is 18.3 Å². The van der Waals surface area contributed by atoms with Gasteiger partial charge in [0.15, 0.2) is 0 Å². The highest BCUT2D eigenvalue weighted by atomic mass is 35.5. The van der Waals surface area contributed by atoms with E-state index in [0.717, 1.165) is 25.8 Å². The summed E-state index contributed by atoms with van der Waals surface area (Å²) in [6.45, 7) is 7.37. The maximum atomic E-state index is 12.1. The van der Waals surface area contributed by atoms with E-state index in [2.05, 4.69) is 10.6 Å². The second kappa shape index (κ2) is 6.57. The summed E-state index contributed by atoms with van der Waals surface area (Å²) in [7, 11) is 1.66. The van der Waals surface area contributed by atoms with Gasteiger partial charge in [-0.2, -0.15) is 0 Å². The monoisotopic (exact) mass is 264 g/mol. The van der Waals surface area contributed by atoms with Gasteiger partial charge < -0.3 is 15.4 Å². The van der Waals surface area contributed by atoms with Crippen LogP contribution in [-0.4, -0.2) is 37.2 Å². The molecule has 1 amide bonds. The predicted molar refractivity (Wildman–Crippen MR) is 71.6 cm³/mol.